The van der Waals surface area contributed by atoms with Crippen LogP contribution in [0.25, 0.3) is 0 Å². The molecule has 1 unspecified atom stereocenters. The third kappa shape index (κ3) is 6.55. The van der Waals surface area contributed by atoms with Crippen LogP contribution < -0.4 is 15.4 Å². The normalized spacial score (nSPS) is 35.6. The number of carboxylic acid groups (broad SMARTS) is 1. The fourth-order valence-corrected chi connectivity index (χ4v) is 7.12. The molecule has 4 rings (SSSR count). The monoisotopic (exact) mass is 570 g/mol. The molecule has 14 heteroatoms. The fraction of sp³-hybridized carbons (Fsp3) is 0.760. The minimum atomic E-state index is -3.86. The molecule has 0 aromatic carbocycles. The highest BCUT2D eigenvalue weighted by molar-refractivity contribution is 7.91. The largest absolute Gasteiger partial charge is 0.465 e. The Balaban J connectivity index is 1.65. The van der Waals surface area contributed by atoms with Crippen LogP contribution in [0.15, 0.2) is 12.2 Å². The average molecular weight is 571 g/mol. The third-order valence-electron chi connectivity index (χ3n) is 8.13. The fourth-order valence-electron chi connectivity index (χ4n) is 5.76. The Labute approximate surface area is 227 Å². The maximum absolute atomic E-state index is 13.7. The Morgan fingerprint density at radius 1 is 1.23 bits per heavy atom. The molecule has 0 bridgehead atoms. The summed E-state index contributed by atoms with van der Waals surface area (Å²) >= 11 is 0. The second kappa shape index (κ2) is 11.4. The number of hydrogen-bond donors (Lipinski definition) is 5. The van der Waals surface area contributed by atoms with Gasteiger partial charge < -0.3 is 30.5 Å². The number of aliphatic hydroxyl groups is 1. The van der Waals surface area contributed by atoms with Gasteiger partial charge in [-0.25, -0.2) is 13.2 Å². The number of methoxy groups -OCH3 is 1. The van der Waals surface area contributed by atoms with Crippen LogP contribution in [0.2, 0.25) is 0 Å². The van der Waals surface area contributed by atoms with Crippen LogP contribution in [0.4, 0.5) is 4.79 Å². The van der Waals surface area contributed by atoms with Crippen molar-refractivity contribution >= 4 is 33.8 Å². The number of ether oxygens (including phenoxy) is 1. The number of nitrogens with zero attached hydrogens (tertiary/aromatic N) is 1. The zero-order valence-electron chi connectivity index (χ0n) is 22.2. The van der Waals surface area contributed by atoms with Gasteiger partial charge >= 0.3 is 6.09 Å². The number of sulfonamides is 1. The molecule has 2 aliphatic heterocycles. The predicted molar refractivity (Wildman–Crippen MR) is 138 cm³/mol. The van der Waals surface area contributed by atoms with E-state index in [1.54, 1.807) is 0 Å². The number of nitrogens with one attached hydrogen (secondary N) is 3. The number of carbonyl (C=O) groups is 4. The Morgan fingerprint density at radius 3 is 2.59 bits per heavy atom. The van der Waals surface area contributed by atoms with Crippen molar-refractivity contribution in [1.82, 2.24) is 20.3 Å². The molecule has 13 nitrogen and oxygen atoms in total. The van der Waals surface area contributed by atoms with Crippen LogP contribution in [0.5, 0.6) is 0 Å². The molecule has 3 fully saturated rings. The summed E-state index contributed by atoms with van der Waals surface area (Å²) in [7, 11) is -2.40. The minimum Gasteiger partial charge on any atom is -0.465 e. The van der Waals surface area contributed by atoms with Crippen LogP contribution >= 0.6 is 0 Å². The van der Waals surface area contributed by atoms with Crippen molar-refractivity contribution in [2.24, 2.45) is 17.8 Å². The van der Waals surface area contributed by atoms with Gasteiger partial charge in [-0.2, -0.15) is 0 Å². The summed E-state index contributed by atoms with van der Waals surface area (Å²) in [5.41, 5.74) is -1.50. The van der Waals surface area contributed by atoms with Gasteiger partial charge in [0.1, 0.15) is 17.6 Å². The van der Waals surface area contributed by atoms with E-state index in [9.17, 15) is 37.8 Å². The SMILES string of the molecule is COC[C@@H]1CC(C)CCC=C[C@@H]2C[C@@]2(C(=O)NS(=O)(=O)C2CC2)NC(=O)[C@@H]2C[C@@H](O)CN2C(=O)[C@H]1NC(=O)O. The highest BCUT2D eigenvalue weighted by Gasteiger charge is 2.62. The van der Waals surface area contributed by atoms with E-state index in [1.165, 1.54) is 7.11 Å². The Morgan fingerprint density at radius 2 is 1.95 bits per heavy atom. The predicted octanol–water partition coefficient (Wildman–Crippen LogP) is -0.293. The van der Waals surface area contributed by atoms with E-state index in [0.29, 0.717) is 32.1 Å². The summed E-state index contributed by atoms with van der Waals surface area (Å²) in [5.74, 6) is -3.08. The molecule has 0 aromatic heterocycles. The highest BCUT2D eigenvalue weighted by atomic mass is 32.2. The quantitative estimate of drug-likeness (QED) is 0.267. The van der Waals surface area contributed by atoms with Gasteiger partial charge in [-0.1, -0.05) is 19.1 Å². The van der Waals surface area contributed by atoms with E-state index >= 15 is 0 Å². The first-order valence-corrected chi connectivity index (χ1v) is 14.9. The first kappa shape index (κ1) is 29.3. The third-order valence-corrected chi connectivity index (χ3v) is 9.94. The topological polar surface area (TPSA) is 191 Å². The van der Waals surface area contributed by atoms with Crippen LogP contribution in [-0.4, -0.2) is 96.6 Å². The smallest absolute Gasteiger partial charge is 0.405 e. The van der Waals surface area contributed by atoms with Crippen molar-refractivity contribution in [3.63, 3.8) is 0 Å². The van der Waals surface area contributed by atoms with Gasteiger partial charge in [0.2, 0.25) is 21.8 Å². The molecule has 2 aliphatic carbocycles. The lowest BCUT2D eigenvalue weighted by molar-refractivity contribution is -0.142. The summed E-state index contributed by atoms with van der Waals surface area (Å²) in [6.07, 6.45) is 4.10. The number of allylic oxidation sites excluding steroid dienone is 1. The summed E-state index contributed by atoms with van der Waals surface area (Å²) in [6, 6.07) is -2.40. The summed E-state index contributed by atoms with van der Waals surface area (Å²) in [6.45, 7) is 1.90. The van der Waals surface area contributed by atoms with Crippen LogP contribution in [0.1, 0.15) is 51.9 Å². The van der Waals surface area contributed by atoms with Crippen molar-refractivity contribution in [2.45, 2.75) is 80.8 Å². The second-order valence-electron chi connectivity index (χ2n) is 11.3. The van der Waals surface area contributed by atoms with Gasteiger partial charge in [0.05, 0.1) is 18.0 Å². The van der Waals surface area contributed by atoms with E-state index < -0.39 is 74.7 Å². The van der Waals surface area contributed by atoms with Crippen molar-refractivity contribution in [3.05, 3.63) is 12.2 Å². The van der Waals surface area contributed by atoms with Gasteiger partial charge in [-0.15, -0.1) is 0 Å². The molecule has 5 N–H and O–H groups in total. The van der Waals surface area contributed by atoms with E-state index in [2.05, 4.69) is 15.4 Å². The summed E-state index contributed by atoms with van der Waals surface area (Å²) in [4.78, 5) is 53.3. The lowest BCUT2D eigenvalue weighted by Gasteiger charge is -2.33. The number of aliphatic hydroxyl groups excluding tert-OH is 1. The van der Waals surface area contributed by atoms with Crippen LogP contribution in [0, 0.1) is 17.8 Å². The molecule has 4 amide bonds. The van der Waals surface area contributed by atoms with Gasteiger partial charge in [-0.05, 0) is 44.4 Å². The number of hydrogen-bond acceptors (Lipinski definition) is 8. The van der Waals surface area contributed by atoms with Crippen molar-refractivity contribution in [2.75, 3.05) is 20.3 Å². The first-order valence-electron chi connectivity index (χ1n) is 13.4. The molecule has 2 saturated carbocycles. The Hall–Kier alpha value is -2.71. The van der Waals surface area contributed by atoms with Gasteiger partial charge in [0.25, 0.3) is 5.91 Å². The van der Waals surface area contributed by atoms with Crippen LogP contribution in [-0.2, 0) is 29.1 Å². The summed E-state index contributed by atoms with van der Waals surface area (Å²) in [5, 5.41) is 24.3. The number of rotatable bonds is 6. The van der Waals surface area contributed by atoms with Gasteiger partial charge in [0, 0.05) is 31.9 Å². The van der Waals surface area contributed by atoms with E-state index in [1.807, 2.05) is 19.1 Å². The van der Waals surface area contributed by atoms with E-state index in [-0.39, 0.29) is 31.9 Å². The second-order valence-corrected chi connectivity index (χ2v) is 13.3. The van der Waals surface area contributed by atoms with Crippen molar-refractivity contribution < 1.29 is 42.5 Å². The first-order chi connectivity index (χ1) is 18.4. The maximum Gasteiger partial charge on any atom is 0.405 e. The molecule has 0 spiro atoms. The standard InChI is InChI=1S/C25H38N4O9S/c1-14-5-3-4-6-16-11-25(16,23(33)28-39(36,37)18-7-8-18)27-21(31)19-10-17(30)12-29(19)22(32)20(26-24(34)35)15(9-14)13-38-2/h4,6,14-20,26,30H,3,5,7-13H2,1-2H3,(H,27,31)(H,28,33)(H,34,35)/t14?,15-,16+,17+,19-,20-,25+/m0/s1. The molecule has 39 heavy (non-hydrogen) atoms. The highest BCUT2D eigenvalue weighted by Crippen LogP contribution is 2.46. The zero-order chi connectivity index (χ0) is 28.5. The Bertz CT molecular complexity index is 1120. The molecule has 7 atom stereocenters. The summed E-state index contributed by atoms with van der Waals surface area (Å²) < 4.78 is 32.4. The number of fused-ring (bicyclic) bond motifs is 2. The zero-order valence-corrected chi connectivity index (χ0v) is 23.0. The number of carbonyl (C=O) groups excluding carboxylic acids is 3. The molecule has 0 aromatic rings. The molecular formula is C25H38N4O9S. The average Bonchev–Trinajstić information content (AvgIpc) is 3.77. The van der Waals surface area contributed by atoms with Crippen molar-refractivity contribution in [3.8, 4) is 0 Å². The molecule has 2 heterocycles. The van der Waals surface area contributed by atoms with Crippen molar-refractivity contribution in [1.29, 1.82) is 0 Å². The molecule has 0 radical (unpaired) electrons. The molecule has 1 saturated heterocycles. The van der Waals surface area contributed by atoms with Gasteiger partial charge in [0.15, 0.2) is 0 Å². The van der Waals surface area contributed by atoms with E-state index in [0.717, 1.165) is 4.90 Å². The number of amides is 4. The molecule has 4 aliphatic rings. The molecular weight excluding hydrogens is 532 g/mol. The van der Waals surface area contributed by atoms with Gasteiger partial charge in [-0.3, -0.25) is 19.1 Å². The van der Waals surface area contributed by atoms with Crippen LogP contribution in [0.3, 0.4) is 0 Å². The minimum absolute atomic E-state index is 0.0847. The maximum atomic E-state index is 13.7. The Kier molecular flexibility index (Phi) is 8.57. The lowest BCUT2D eigenvalue weighted by atomic mass is 9.87. The van der Waals surface area contributed by atoms with E-state index in [4.69, 9.17) is 4.74 Å². The molecule has 218 valence electrons. The lowest BCUT2D eigenvalue weighted by Crippen LogP contribution is -2.59.